The lowest BCUT2D eigenvalue weighted by Crippen LogP contribution is -2.49. The van der Waals surface area contributed by atoms with Gasteiger partial charge in [-0.05, 0) is 73.9 Å². The van der Waals surface area contributed by atoms with Crippen LogP contribution in [0.4, 0.5) is 16.0 Å². The first-order valence-electron chi connectivity index (χ1n) is 13.1. The van der Waals surface area contributed by atoms with Gasteiger partial charge in [-0.2, -0.15) is 8.42 Å². The average Bonchev–Trinajstić information content (AvgIpc) is 2.91. The van der Waals surface area contributed by atoms with E-state index in [1.807, 2.05) is 13.8 Å². The van der Waals surface area contributed by atoms with Crippen LogP contribution in [0.1, 0.15) is 54.2 Å². The summed E-state index contributed by atoms with van der Waals surface area (Å²) < 4.78 is 48.2. The van der Waals surface area contributed by atoms with Crippen LogP contribution in [0.5, 0.6) is 5.75 Å². The zero-order chi connectivity index (χ0) is 27.7. The molecule has 1 aromatic carbocycles. The number of fused-ring (bicyclic) bond motifs is 3. The lowest BCUT2D eigenvalue weighted by atomic mass is 9.80. The standard InChI is InChI=1S/C28H32FN5O4S.3H2/c1-17(2)16-38-22-13-19(12-20(29)14-22)24-11-10-23(27(31-24)34-15-18-6-8-21(34)9-7-18)28(35)33-39(36,37)26-5-3-4-25(30)32-26;;;/h3-5,10-14,17-18,21H,6-9,15-16H2,1-2H3,(H2,30,32)(H,33,35);3*1H. The van der Waals surface area contributed by atoms with E-state index in [1.54, 1.807) is 12.1 Å². The first-order chi connectivity index (χ1) is 18.6. The molecule has 6 rings (SSSR count). The Balaban J connectivity index is 0.00000205. The van der Waals surface area contributed by atoms with Gasteiger partial charge in [-0.15, -0.1) is 0 Å². The molecule has 1 aliphatic carbocycles. The number of halogens is 1. The average molecular weight is 560 g/mol. The number of sulfonamides is 1. The van der Waals surface area contributed by atoms with Crippen LogP contribution in [-0.4, -0.2) is 43.5 Å². The lowest BCUT2D eigenvalue weighted by molar-refractivity contribution is 0.0981. The van der Waals surface area contributed by atoms with Gasteiger partial charge in [0.05, 0.1) is 17.9 Å². The highest BCUT2D eigenvalue weighted by Crippen LogP contribution is 2.39. The number of amides is 1. The molecule has 1 amide bonds. The summed E-state index contributed by atoms with van der Waals surface area (Å²) in [6, 6.07) is 11.9. The van der Waals surface area contributed by atoms with E-state index in [-0.39, 0.29) is 32.6 Å². The van der Waals surface area contributed by atoms with E-state index < -0.39 is 21.7 Å². The Bertz CT molecular complexity index is 1500. The number of carbonyl (C=O) groups excluding carboxylic acids is 1. The summed E-state index contributed by atoms with van der Waals surface area (Å²) in [4.78, 5) is 24.1. The molecule has 1 saturated carbocycles. The van der Waals surface area contributed by atoms with Gasteiger partial charge in [0, 0.05) is 28.5 Å². The van der Waals surface area contributed by atoms with Crippen LogP contribution in [-0.2, 0) is 10.0 Å². The van der Waals surface area contributed by atoms with E-state index in [0.29, 0.717) is 35.3 Å². The van der Waals surface area contributed by atoms with Crippen LogP contribution in [0.3, 0.4) is 0 Å². The molecule has 0 radical (unpaired) electrons. The number of nitrogens with two attached hydrogens (primary N) is 1. The van der Waals surface area contributed by atoms with Gasteiger partial charge >= 0.3 is 0 Å². The Hall–Kier alpha value is -3.73. The molecule has 212 valence electrons. The molecule has 2 bridgehead atoms. The van der Waals surface area contributed by atoms with E-state index in [0.717, 1.165) is 32.2 Å². The van der Waals surface area contributed by atoms with Crippen LogP contribution in [0, 0.1) is 17.7 Å². The maximum absolute atomic E-state index is 14.5. The Morgan fingerprint density at radius 3 is 2.59 bits per heavy atom. The Labute approximate surface area is 232 Å². The molecule has 2 aromatic heterocycles. The number of nitrogens with one attached hydrogen (secondary N) is 1. The minimum atomic E-state index is -4.28. The van der Waals surface area contributed by atoms with E-state index >= 15 is 0 Å². The van der Waals surface area contributed by atoms with Gasteiger partial charge in [-0.1, -0.05) is 19.9 Å². The van der Waals surface area contributed by atoms with Crippen LogP contribution >= 0.6 is 0 Å². The summed E-state index contributed by atoms with van der Waals surface area (Å²) in [7, 11) is -4.28. The molecule has 4 heterocycles. The first kappa shape index (κ1) is 26.9. The van der Waals surface area contributed by atoms with Crippen molar-refractivity contribution in [3.8, 4) is 17.0 Å². The molecule has 0 spiro atoms. The number of hydrogen-bond acceptors (Lipinski definition) is 8. The number of pyridine rings is 2. The highest BCUT2D eigenvalue weighted by Gasteiger charge is 2.36. The van der Waals surface area contributed by atoms with Gasteiger partial charge in [0.25, 0.3) is 15.9 Å². The molecule has 39 heavy (non-hydrogen) atoms. The molecule has 0 unspecified atom stereocenters. The number of piperidine rings is 2. The molecule has 11 heteroatoms. The number of benzene rings is 1. The van der Waals surface area contributed by atoms with Crippen molar-refractivity contribution in [2.45, 2.75) is 50.6 Å². The lowest BCUT2D eigenvalue weighted by Gasteiger charge is -2.46. The number of carbonyl (C=O) groups is 1. The number of aromatic nitrogens is 2. The Morgan fingerprint density at radius 1 is 1.15 bits per heavy atom. The van der Waals surface area contributed by atoms with E-state index in [1.165, 1.54) is 36.4 Å². The van der Waals surface area contributed by atoms with Crippen LogP contribution in [0.15, 0.2) is 53.6 Å². The third kappa shape index (κ3) is 5.98. The van der Waals surface area contributed by atoms with Crippen molar-refractivity contribution in [1.82, 2.24) is 14.7 Å². The minimum Gasteiger partial charge on any atom is -0.493 e. The van der Waals surface area contributed by atoms with E-state index in [2.05, 4.69) is 14.6 Å². The topological polar surface area (TPSA) is 128 Å². The van der Waals surface area contributed by atoms with Gasteiger partial charge in [-0.3, -0.25) is 4.79 Å². The van der Waals surface area contributed by atoms with Crippen molar-refractivity contribution in [2.24, 2.45) is 11.8 Å². The quantitative estimate of drug-likeness (QED) is 0.389. The number of ether oxygens (including phenoxy) is 1. The predicted molar refractivity (Wildman–Crippen MR) is 153 cm³/mol. The van der Waals surface area contributed by atoms with Crippen LogP contribution < -0.4 is 20.1 Å². The summed E-state index contributed by atoms with van der Waals surface area (Å²) in [6.45, 7) is 5.17. The van der Waals surface area contributed by atoms with Gasteiger partial charge in [0.2, 0.25) is 0 Å². The molecule has 9 nitrogen and oxygen atoms in total. The summed E-state index contributed by atoms with van der Waals surface area (Å²) in [5.74, 6) is 0.248. The number of hydrogen-bond donors (Lipinski definition) is 2. The fraction of sp³-hybridized carbons (Fsp3) is 0.393. The van der Waals surface area contributed by atoms with Gasteiger partial charge in [0.15, 0.2) is 5.03 Å². The third-order valence-corrected chi connectivity index (χ3v) is 8.33. The maximum Gasteiger partial charge on any atom is 0.281 e. The number of rotatable bonds is 8. The van der Waals surface area contributed by atoms with Crippen molar-refractivity contribution < 1.29 is 26.6 Å². The van der Waals surface area contributed by atoms with Crippen LogP contribution in [0.2, 0.25) is 0 Å². The smallest absolute Gasteiger partial charge is 0.281 e. The molecule has 0 atom stereocenters. The molecular formula is C28H38FN5O4S. The zero-order valence-corrected chi connectivity index (χ0v) is 22.7. The second kappa shape index (κ2) is 10.8. The monoisotopic (exact) mass is 559 g/mol. The minimum absolute atomic E-state index is 0. The fourth-order valence-corrected chi connectivity index (χ4v) is 6.14. The first-order valence-corrected chi connectivity index (χ1v) is 14.6. The van der Waals surface area contributed by atoms with Gasteiger partial charge in [0.1, 0.15) is 23.2 Å². The Morgan fingerprint density at radius 2 is 1.92 bits per heavy atom. The zero-order valence-electron chi connectivity index (χ0n) is 21.9. The van der Waals surface area contributed by atoms with E-state index in [4.69, 9.17) is 15.5 Å². The summed E-state index contributed by atoms with van der Waals surface area (Å²) in [5, 5.41) is -0.354. The second-order valence-electron chi connectivity index (χ2n) is 10.6. The van der Waals surface area contributed by atoms with Crippen molar-refractivity contribution in [3.63, 3.8) is 0 Å². The molecule has 3 N–H and O–H groups in total. The van der Waals surface area contributed by atoms with E-state index in [9.17, 15) is 17.6 Å². The van der Waals surface area contributed by atoms with Crippen molar-refractivity contribution in [2.75, 3.05) is 23.8 Å². The highest BCUT2D eigenvalue weighted by molar-refractivity contribution is 7.90. The summed E-state index contributed by atoms with van der Waals surface area (Å²) in [6.07, 6.45) is 4.16. The molecule has 2 aliphatic heterocycles. The van der Waals surface area contributed by atoms with Crippen molar-refractivity contribution in [3.05, 3.63) is 59.9 Å². The normalized spacial score (nSPS) is 18.8. The Kier molecular flexibility index (Phi) is 7.44. The largest absolute Gasteiger partial charge is 0.493 e. The maximum atomic E-state index is 14.5. The van der Waals surface area contributed by atoms with Gasteiger partial charge < -0.3 is 15.4 Å². The summed E-state index contributed by atoms with van der Waals surface area (Å²) >= 11 is 0. The van der Waals surface area contributed by atoms with Crippen molar-refractivity contribution in [1.29, 1.82) is 0 Å². The number of nitrogens with zero attached hydrogens (tertiary/aromatic N) is 3. The third-order valence-electron chi connectivity index (χ3n) is 7.10. The molecule has 3 aliphatic rings. The summed E-state index contributed by atoms with van der Waals surface area (Å²) in [5.41, 5.74) is 6.71. The van der Waals surface area contributed by atoms with Crippen molar-refractivity contribution >= 4 is 27.6 Å². The van der Waals surface area contributed by atoms with Crippen LogP contribution in [0.25, 0.3) is 11.3 Å². The second-order valence-corrected chi connectivity index (χ2v) is 12.2. The molecule has 3 fully saturated rings. The predicted octanol–water partition coefficient (Wildman–Crippen LogP) is 5.14. The molecule has 3 aromatic rings. The van der Waals surface area contributed by atoms with Gasteiger partial charge in [-0.25, -0.2) is 19.1 Å². The number of nitrogen functional groups attached to an aromatic ring is 1. The fourth-order valence-electron chi connectivity index (χ4n) is 5.20. The SMILES string of the molecule is CC(C)COc1cc(F)cc(-c2ccc(C(=O)NS(=O)(=O)c3cccc(N)n3)c(N3CC4CCC3CC4)n2)c1.[HH].[HH].[HH]. The molecular weight excluding hydrogens is 521 g/mol. The highest BCUT2D eigenvalue weighted by atomic mass is 32.2. The molecule has 2 saturated heterocycles. The number of anilines is 2.